The maximum Gasteiger partial charge on any atom is 0.238 e. The lowest BCUT2D eigenvalue weighted by atomic mass is 10.1. The summed E-state index contributed by atoms with van der Waals surface area (Å²) < 4.78 is 18.9. The van der Waals surface area contributed by atoms with E-state index in [0.717, 1.165) is 22.8 Å². The second kappa shape index (κ2) is 9.63. The summed E-state index contributed by atoms with van der Waals surface area (Å²) in [4.78, 5) is 23.2. The summed E-state index contributed by atoms with van der Waals surface area (Å²) in [6.07, 6.45) is 3.29. The predicted octanol–water partition coefficient (Wildman–Crippen LogP) is 3.68. The summed E-state index contributed by atoms with van der Waals surface area (Å²) in [7, 11) is 0. The number of pyridine rings is 2. The van der Waals surface area contributed by atoms with E-state index in [-0.39, 0.29) is 24.4 Å². The fraction of sp³-hybridized carbons (Fsp3) is 0.261. The SMILES string of the molecule is Cc1cccnc1Nc1ccc([C@@H]2CN(CC(=O)Nc3ccc(F)cc3)CCO2)nc1. The van der Waals surface area contributed by atoms with Crippen molar-refractivity contribution in [1.29, 1.82) is 0 Å². The Morgan fingerprint density at radius 2 is 1.97 bits per heavy atom. The Balaban J connectivity index is 1.33. The molecule has 0 unspecified atom stereocenters. The average molecular weight is 421 g/mol. The van der Waals surface area contributed by atoms with Gasteiger partial charge in [-0.25, -0.2) is 9.37 Å². The molecule has 0 spiro atoms. The molecule has 0 radical (unpaired) electrons. The Labute approximate surface area is 180 Å². The van der Waals surface area contributed by atoms with Crippen LogP contribution in [0.5, 0.6) is 0 Å². The topological polar surface area (TPSA) is 79.4 Å². The lowest BCUT2D eigenvalue weighted by Crippen LogP contribution is -2.42. The molecule has 1 fully saturated rings. The molecule has 0 aliphatic carbocycles. The van der Waals surface area contributed by atoms with Gasteiger partial charge >= 0.3 is 0 Å². The molecular formula is C23H24FN5O2. The molecule has 8 heteroatoms. The van der Waals surface area contributed by atoms with Gasteiger partial charge in [0.05, 0.1) is 30.7 Å². The van der Waals surface area contributed by atoms with E-state index < -0.39 is 0 Å². The lowest BCUT2D eigenvalue weighted by molar-refractivity contribution is -0.119. The Bertz CT molecular complexity index is 1030. The number of aromatic nitrogens is 2. The molecule has 1 aliphatic rings. The molecule has 31 heavy (non-hydrogen) atoms. The van der Waals surface area contributed by atoms with Crippen LogP contribution in [0, 0.1) is 12.7 Å². The first-order valence-electron chi connectivity index (χ1n) is 10.1. The van der Waals surface area contributed by atoms with Gasteiger partial charge in [0.2, 0.25) is 5.91 Å². The average Bonchev–Trinajstić information content (AvgIpc) is 2.78. The minimum Gasteiger partial charge on any atom is -0.369 e. The summed E-state index contributed by atoms with van der Waals surface area (Å²) in [5, 5.41) is 6.05. The first kappa shape index (κ1) is 20.9. The number of anilines is 3. The van der Waals surface area contributed by atoms with Gasteiger partial charge in [0.25, 0.3) is 0 Å². The zero-order chi connectivity index (χ0) is 21.6. The fourth-order valence-electron chi connectivity index (χ4n) is 3.38. The third-order valence-electron chi connectivity index (χ3n) is 5.03. The molecule has 4 rings (SSSR count). The van der Waals surface area contributed by atoms with Crippen molar-refractivity contribution < 1.29 is 13.9 Å². The van der Waals surface area contributed by atoms with Gasteiger partial charge in [0.1, 0.15) is 17.7 Å². The largest absolute Gasteiger partial charge is 0.369 e. The number of aryl methyl sites for hydroxylation is 1. The van der Waals surface area contributed by atoms with Crippen LogP contribution < -0.4 is 10.6 Å². The highest BCUT2D eigenvalue weighted by Crippen LogP contribution is 2.23. The van der Waals surface area contributed by atoms with Crippen molar-refractivity contribution in [1.82, 2.24) is 14.9 Å². The molecule has 1 atom stereocenters. The molecule has 1 amide bonds. The standard InChI is InChI=1S/C23H24FN5O2/c1-16-3-2-10-25-23(16)28-19-8-9-20(26-13-19)21-14-29(11-12-31-21)15-22(30)27-18-6-4-17(24)5-7-18/h2-10,13,21H,11-12,14-15H2,1H3,(H,25,28)(H,27,30)/t21-/m0/s1. The normalized spacial score (nSPS) is 16.6. The second-order valence-electron chi connectivity index (χ2n) is 7.42. The molecule has 1 saturated heterocycles. The van der Waals surface area contributed by atoms with Gasteiger partial charge in [-0.15, -0.1) is 0 Å². The maximum absolute atomic E-state index is 13.0. The van der Waals surface area contributed by atoms with Crippen LogP contribution >= 0.6 is 0 Å². The van der Waals surface area contributed by atoms with Gasteiger partial charge in [-0.05, 0) is 55.0 Å². The van der Waals surface area contributed by atoms with Crippen LogP contribution in [0.3, 0.4) is 0 Å². The number of nitrogens with one attached hydrogen (secondary N) is 2. The van der Waals surface area contributed by atoms with E-state index in [1.807, 2.05) is 36.1 Å². The smallest absolute Gasteiger partial charge is 0.238 e. The number of hydrogen-bond donors (Lipinski definition) is 2. The molecule has 3 heterocycles. The molecule has 3 aromatic rings. The molecule has 160 valence electrons. The highest BCUT2D eigenvalue weighted by molar-refractivity contribution is 5.92. The van der Waals surface area contributed by atoms with Crippen LogP contribution in [0.1, 0.15) is 17.4 Å². The number of amides is 1. The number of benzene rings is 1. The van der Waals surface area contributed by atoms with Crippen LogP contribution in [0.25, 0.3) is 0 Å². The van der Waals surface area contributed by atoms with Crippen LogP contribution in [0.15, 0.2) is 60.9 Å². The molecule has 1 aliphatic heterocycles. The zero-order valence-corrected chi connectivity index (χ0v) is 17.2. The number of morpholine rings is 1. The van der Waals surface area contributed by atoms with E-state index >= 15 is 0 Å². The molecule has 0 bridgehead atoms. The van der Waals surface area contributed by atoms with Gasteiger partial charge < -0.3 is 15.4 Å². The van der Waals surface area contributed by atoms with E-state index in [1.165, 1.54) is 12.1 Å². The van der Waals surface area contributed by atoms with Crippen molar-refractivity contribution in [2.75, 3.05) is 36.9 Å². The van der Waals surface area contributed by atoms with Crippen molar-refractivity contribution in [3.63, 3.8) is 0 Å². The Morgan fingerprint density at radius 1 is 1.16 bits per heavy atom. The molecule has 2 aromatic heterocycles. The quantitative estimate of drug-likeness (QED) is 0.632. The third kappa shape index (κ3) is 5.62. The van der Waals surface area contributed by atoms with Crippen molar-refractivity contribution >= 4 is 23.1 Å². The number of ether oxygens (including phenoxy) is 1. The van der Waals surface area contributed by atoms with Gasteiger partial charge in [-0.2, -0.15) is 0 Å². The fourth-order valence-corrected chi connectivity index (χ4v) is 3.38. The molecule has 2 N–H and O–H groups in total. The monoisotopic (exact) mass is 421 g/mol. The minimum atomic E-state index is -0.335. The number of nitrogens with zero attached hydrogens (tertiary/aromatic N) is 3. The summed E-state index contributed by atoms with van der Waals surface area (Å²) in [5.74, 6) is 0.313. The highest BCUT2D eigenvalue weighted by Gasteiger charge is 2.24. The Morgan fingerprint density at radius 3 is 2.71 bits per heavy atom. The van der Waals surface area contributed by atoms with E-state index in [0.29, 0.717) is 25.4 Å². The number of carbonyl (C=O) groups excluding carboxylic acids is 1. The van der Waals surface area contributed by atoms with Crippen molar-refractivity contribution in [2.45, 2.75) is 13.0 Å². The summed E-state index contributed by atoms with van der Waals surface area (Å²) in [6.45, 7) is 3.97. The summed E-state index contributed by atoms with van der Waals surface area (Å²) >= 11 is 0. The van der Waals surface area contributed by atoms with Gasteiger partial charge in [-0.1, -0.05) is 6.07 Å². The van der Waals surface area contributed by atoms with Gasteiger partial charge in [0.15, 0.2) is 0 Å². The van der Waals surface area contributed by atoms with E-state index in [2.05, 4.69) is 20.6 Å². The first-order valence-corrected chi connectivity index (χ1v) is 10.1. The minimum absolute atomic E-state index is 0.148. The van der Waals surface area contributed by atoms with Crippen LogP contribution in [0.2, 0.25) is 0 Å². The summed E-state index contributed by atoms with van der Waals surface area (Å²) in [6, 6.07) is 13.5. The van der Waals surface area contributed by atoms with E-state index in [1.54, 1.807) is 24.5 Å². The van der Waals surface area contributed by atoms with Crippen LogP contribution in [0.4, 0.5) is 21.6 Å². The van der Waals surface area contributed by atoms with Crippen molar-refractivity contribution in [2.24, 2.45) is 0 Å². The van der Waals surface area contributed by atoms with E-state index in [4.69, 9.17) is 4.74 Å². The number of carbonyl (C=O) groups is 1. The molecular weight excluding hydrogens is 397 g/mol. The highest BCUT2D eigenvalue weighted by atomic mass is 19.1. The van der Waals surface area contributed by atoms with Crippen LogP contribution in [-0.2, 0) is 9.53 Å². The number of rotatable bonds is 6. The number of hydrogen-bond acceptors (Lipinski definition) is 6. The molecule has 7 nitrogen and oxygen atoms in total. The van der Waals surface area contributed by atoms with Crippen molar-refractivity contribution in [3.05, 3.63) is 78.0 Å². The Hall–Kier alpha value is -3.36. The maximum atomic E-state index is 13.0. The lowest BCUT2D eigenvalue weighted by Gasteiger charge is -2.32. The number of halogens is 1. The summed E-state index contributed by atoms with van der Waals surface area (Å²) in [5.41, 5.74) is 3.28. The van der Waals surface area contributed by atoms with E-state index in [9.17, 15) is 9.18 Å². The predicted molar refractivity (Wildman–Crippen MR) is 117 cm³/mol. The first-order chi connectivity index (χ1) is 15.1. The zero-order valence-electron chi connectivity index (χ0n) is 17.2. The van der Waals surface area contributed by atoms with Crippen LogP contribution in [-0.4, -0.2) is 47.0 Å². The van der Waals surface area contributed by atoms with Crippen molar-refractivity contribution in [3.8, 4) is 0 Å². The van der Waals surface area contributed by atoms with Gasteiger partial charge in [0, 0.05) is 25.0 Å². The molecule has 1 aromatic carbocycles. The molecule has 0 saturated carbocycles. The Kier molecular flexibility index (Phi) is 6.49. The van der Waals surface area contributed by atoms with Gasteiger partial charge in [-0.3, -0.25) is 14.7 Å². The second-order valence-corrected chi connectivity index (χ2v) is 7.42. The third-order valence-corrected chi connectivity index (χ3v) is 5.03.